The Morgan fingerprint density at radius 3 is 2.58 bits per heavy atom. The van der Waals surface area contributed by atoms with Gasteiger partial charge < -0.3 is 10.2 Å². The summed E-state index contributed by atoms with van der Waals surface area (Å²) in [6, 6.07) is 6.86. The first-order valence-corrected chi connectivity index (χ1v) is 6.39. The average Bonchev–Trinajstić information content (AvgIpc) is 2.36. The van der Waals surface area contributed by atoms with Crippen LogP contribution in [0.5, 0.6) is 0 Å². The fourth-order valence-electron chi connectivity index (χ4n) is 1.59. The number of non-ortho nitro benzene ring substituents is 1. The van der Waals surface area contributed by atoms with Gasteiger partial charge in [0, 0.05) is 30.3 Å². The maximum atomic E-state index is 10.8. The lowest BCUT2D eigenvalue weighted by Crippen LogP contribution is -2.47. The second kappa shape index (κ2) is 6.12. The van der Waals surface area contributed by atoms with Crippen LogP contribution in [-0.4, -0.2) is 36.0 Å². The number of hydrogen-bond acceptors (Lipinski definition) is 4. The van der Waals surface area contributed by atoms with Gasteiger partial charge >= 0.3 is 0 Å². The van der Waals surface area contributed by atoms with Gasteiger partial charge in [0.25, 0.3) is 5.69 Å². The SMILES string of the molecule is CC(NCC(C)(C)N(C)C)c1cccc([N+](=O)[O-])c1. The van der Waals surface area contributed by atoms with Crippen molar-refractivity contribution in [2.75, 3.05) is 20.6 Å². The molecule has 0 spiro atoms. The molecule has 0 saturated carbocycles. The Bertz CT molecular complexity index is 444. The number of nitrogens with one attached hydrogen (secondary N) is 1. The molecule has 1 N–H and O–H groups in total. The summed E-state index contributed by atoms with van der Waals surface area (Å²) in [6.07, 6.45) is 0. The fourth-order valence-corrected chi connectivity index (χ4v) is 1.59. The molecule has 0 saturated heterocycles. The minimum absolute atomic E-state index is 0.0367. The van der Waals surface area contributed by atoms with Gasteiger partial charge in [-0.15, -0.1) is 0 Å². The lowest BCUT2D eigenvalue weighted by molar-refractivity contribution is -0.384. The molecule has 0 aromatic heterocycles. The van der Waals surface area contributed by atoms with Gasteiger partial charge in [0.05, 0.1) is 4.92 Å². The van der Waals surface area contributed by atoms with Crippen LogP contribution in [-0.2, 0) is 0 Å². The van der Waals surface area contributed by atoms with Crippen molar-refractivity contribution in [2.24, 2.45) is 0 Å². The monoisotopic (exact) mass is 265 g/mol. The van der Waals surface area contributed by atoms with E-state index < -0.39 is 0 Å². The van der Waals surface area contributed by atoms with Gasteiger partial charge in [0.2, 0.25) is 0 Å². The lowest BCUT2D eigenvalue weighted by Gasteiger charge is -2.34. The third-order valence-corrected chi connectivity index (χ3v) is 3.63. The molecule has 0 fully saturated rings. The Morgan fingerprint density at radius 1 is 1.42 bits per heavy atom. The standard InChI is InChI=1S/C14H23N3O2/c1-11(15-10-14(2,3)16(4)5)12-7-6-8-13(9-12)17(18)19/h6-9,11,15H,10H2,1-5H3. The molecule has 5 heteroatoms. The number of nitro benzene ring substituents is 1. The summed E-state index contributed by atoms with van der Waals surface area (Å²) in [4.78, 5) is 12.6. The van der Waals surface area contributed by atoms with E-state index in [0.717, 1.165) is 12.1 Å². The molecule has 1 aromatic rings. The van der Waals surface area contributed by atoms with Crippen LogP contribution < -0.4 is 5.32 Å². The molecule has 1 atom stereocenters. The van der Waals surface area contributed by atoms with Crippen molar-refractivity contribution in [1.29, 1.82) is 0 Å². The zero-order chi connectivity index (χ0) is 14.6. The van der Waals surface area contributed by atoms with E-state index in [1.54, 1.807) is 12.1 Å². The Kier molecular flexibility index (Phi) is 5.03. The minimum atomic E-state index is -0.361. The fraction of sp³-hybridized carbons (Fsp3) is 0.571. The summed E-state index contributed by atoms with van der Waals surface area (Å²) in [7, 11) is 4.08. The summed E-state index contributed by atoms with van der Waals surface area (Å²) in [5, 5.41) is 14.2. The van der Waals surface area contributed by atoms with E-state index in [9.17, 15) is 10.1 Å². The van der Waals surface area contributed by atoms with Crippen molar-refractivity contribution >= 4 is 5.69 Å². The highest BCUT2D eigenvalue weighted by Gasteiger charge is 2.21. The normalized spacial score (nSPS) is 13.6. The van der Waals surface area contributed by atoms with E-state index in [4.69, 9.17) is 0 Å². The van der Waals surface area contributed by atoms with Crippen molar-refractivity contribution in [3.05, 3.63) is 39.9 Å². The smallest absolute Gasteiger partial charge is 0.269 e. The van der Waals surface area contributed by atoms with Gasteiger partial charge in [-0.25, -0.2) is 0 Å². The predicted molar refractivity (Wildman–Crippen MR) is 77.3 cm³/mol. The Labute approximate surface area is 114 Å². The van der Waals surface area contributed by atoms with Crippen LogP contribution in [0.4, 0.5) is 5.69 Å². The molecule has 1 unspecified atom stereocenters. The highest BCUT2D eigenvalue weighted by atomic mass is 16.6. The lowest BCUT2D eigenvalue weighted by atomic mass is 10.0. The van der Waals surface area contributed by atoms with E-state index in [0.29, 0.717) is 0 Å². The molecule has 0 aliphatic heterocycles. The number of nitro groups is 1. The van der Waals surface area contributed by atoms with Crippen molar-refractivity contribution in [1.82, 2.24) is 10.2 Å². The van der Waals surface area contributed by atoms with E-state index >= 15 is 0 Å². The zero-order valence-electron chi connectivity index (χ0n) is 12.3. The highest BCUT2D eigenvalue weighted by Crippen LogP contribution is 2.19. The molecular weight excluding hydrogens is 242 g/mol. The molecule has 0 aliphatic carbocycles. The second-order valence-corrected chi connectivity index (χ2v) is 5.66. The Hall–Kier alpha value is -1.46. The first-order valence-electron chi connectivity index (χ1n) is 6.39. The summed E-state index contributed by atoms with van der Waals surface area (Å²) in [5.74, 6) is 0. The highest BCUT2D eigenvalue weighted by molar-refractivity contribution is 5.35. The Morgan fingerprint density at radius 2 is 2.05 bits per heavy atom. The number of hydrogen-bond donors (Lipinski definition) is 1. The van der Waals surface area contributed by atoms with Crippen LogP contribution in [0.2, 0.25) is 0 Å². The van der Waals surface area contributed by atoms with Crippen LogP contribution in [0.3, 0.4) is 0 Å². The van der Waals surface area contributed by atoms with Gasteiger partial charge in [-0.3, -0.25) is 10.1 Å². The first kappa shape index (κ1) is 15.6. The number of rotatable bonds is 6. The third-order valence-electron chi connectivity index (χ3n) is 3.63. The molecule has 1 aromatic carbocycles. The molecule has 0 radical (unpaired) electrons. The van der Waals surface area contributed by atoms with E-state index in [1.165, 1.54) is 6.07 Å². The quantitative estimate of drug-likeness (QED) is 0.634. The van der Waals surface area contributed by atoms with Crippen LogP contribution in [0.25, 0.3) is 0 Å². The maximum absolute atomic E-state index is 10.8. The third kappa shape index (κ3) is 4.29. The van der Waals surface area contributed by atoms with Crippen molar-refractivity contribution in [3.8, 4) is 0 Å². The van der Waals surface area contributed by atoms with E-state index in [1.807, 2.05) is 27.1 Å². The topological polar surface area (TPSA) is 58.4 Å². The van der Waals surface area contributed by atoms with E-state index in [2.05, 4.69) is 24.1 Å². The molecular formula is C14H23N3O2. The van der Waals surface area contributed by atoms with Crippen LogP contribution in [0.15, 0.2) is 24.3 Å². The largest absolute Gasteiger partial charge is 0.308 e. The summed E-state index contributed by atoms with van der Waals surface area (Å²) >= 11 is 0. The molecule has 0 heterocycles. The van der Waals surface area contributed by atoms with Crippen molar-refractivity contribution in [3.63, 3.8) is 0 Å². The molecule has 106 valence electrons. The zero-order valence-corrected chi connectivity index (χ0v) is 12.3. The van der Waals surface area contributed by atoms with Gasteiger partial charge in [-0.2, -0.15) is 0 Å². The van der Waals surface area contributed by atoms with Crippen molar-refractivity contribution < 1.29 is 4.92 Å². The van der Waals surface area contributed by atoms with Gasteiger partial charge in [0.1, 0.15) is 0 Å². The van der Waals surface area contributed by atoms with E-state index in [-0.39, 0.29) is 22.2 Å². The molecule has 0 bridgehead atoms. The van der Waals surface area contributed by atoms with Gasteiger partial charge in [-0.05, 0) is 40.4 Å². The maximum Gasteiger partial charge on any atom is 0.269 e. The number of likely N-dealkylation sites (N-methyl/N-ethyl adjacent to an activating group) is 1. The molecule has 19 heavy (non-hydrogen) atoms. The molecule has 0 amide bonds. The summed E-state index contributed by atoms with van der Waals surface area (Å²) in [5.41, 5.74) is 1.11. The summed E-state index contributed by atoms with van der Waals surface area (Å²) < 4.78 is 0. The van der Waals surface area contributed by atoms with Crippen LogP contribution in [0.1, 0.15) is 32.4 Å². The van der Waals surface area contributed by atoms with Gasteiger partial charge in [-0.1, -0.05) is 12.1 Å². The molecule has 0 aliphatic rings. The van der Waals surface area contributed by atoms with Crippen LogP contribution >= 0.6 is 0 Å². The second-order valence-electron chi connectivity index (χ2n) is 5.66. The van der Waals surface area contributed by atoms with Gasteiger partial charge in [0.15, 0.2) is 0 Å². The van der Waals surface area contributed by atoms with Crippen molar-refractivity contribution in [2.45, 2.75) is 32.4 Å². The average molecular weight is 265 g/mol. The van der Waals surface area contributed by atoms with Crippen LogP contribution in [0, 0.1) is 10.1 Å². The first-order chi connectivity index (χ1) is 8.74. The molecule has 1 rings (SSSR count). The molecule has 5 nitrogen and oxygen atoms in total. The number of nitrogens with zero attached hydrogens (tertiary/aromatic N) is 2. The number of benzene rings is 1. The Balaban J connectivity index is 2.71. The summed E-state index contributed by atoms with van der Waals surface area (Å²) in [6.45, 7) is 7.13. The predicted octanol–water partition coefficient (Wildman–Crippen LogP) is 2.59. The minimum Gasteiger partial charge on any atom is -0.308 e.